The Morgan fingerprint density at radius 3 is 3.03 bits per heavy atom. The van der Waals surface area contributed by atoms with Gasteiger partial charge in [0.05, 0.1) is 36.8 Å². The van der Waals surface area contributed by atoms with Crippen molar-refractivity contribution in [1.29, 1.82) is 0 Å². The van der Waals surface area contributed by atoms with Gasteiger partial charge < -0.3 is 25.7 Å². The van der Waals surface area contributed by atoms with Gasteiger partial charge in [0.2, 0.25) is 0 Å². The minimum atomic E-state index is -0.0951. The van der Waals surface area contributed by atoms with Crippen LogP contribution < -0.4 is 16.0 Å². The van der Waals surface area contributed by atoms with E-state index in [1.807, 2.05) is 30.9 Å². The summed E-state index contributed by atoms with van der Waals surface area (Å²) in [6, 6.07) is 4.00. The third kappa shape index (κ3) is 4.32. The highest BCUT2D eigenvalue weighted by Gasteiger charge is 2.15. The molecule has 0 saturated carbocycles. The molecule has 0 aliphatic carbocycles. The number of allylic oxidation sites excluding steroid dienone is 1. The van der Waals surface area contributed by atoms with Crippen molar-refractivity contribution in [1.82, 2.24) is 25.3 Å². The first-order chi connectivity index (χ1) is 14.8. The monoisotopic (exact) mass is 406 g/mol. The molecule has 1 fully saturated rings. The lowest BCUT2D eigenvalue weighted by atomic mass is 10.1. The standard InChI is InChI=1S/C21H26N8O/c1-23-10-16(20-18-2-3-25-21(18)28-14-27-20)12-26-19(9-22)15-8-17(13-24-11-15)29-4-6-30-7-5-29/h2-3,8,10-14,19,26H,4-7,9,22H2,1H3,(H,25,27,28)/b16-12+,23-10?. The molecule has 30 heavy (non-hydrogen) atoms. The smallest absolute Gasteiger partial charge is 0.141 e. The quantitative estimate of drug-likeness (QED) is 0.509. The average molecular weight is 406 g/mol. The predicted octanol–water partition coefficient (Wildman–Crippen LogP) is 1.52. The van der Waals surface area contributed by atoms with E-state index >= 15 is 0 Å². The maximum Gasteiger partial charge on any atom is 0.141 e. The maximum atomic E-state index is 6.09. The molecule has 1 saturated heterocycles. The highest BCUT2D eigenvalue weighted by molar-refractivity contribution is 6.13. The van der Waals surface area contributed by atoms with Gasteiger partial charge in [-0.3, -0.25) is 9.98 Å². The molecule has 1 unspecified atom stereocenters. The number of ether oxygens (including phenoxy) is 1. The van der Waals surface area contributed by atoms with Crippen LogP contribution in [0.1, 0.15) is 17.3 Å². The molecule has 9 heteroatoms. The molecule has 4 heterocycles. The van der Waals surface area contributed by atoms with Gasteiger partial charge in [0.25, 0.3) is 0 Å². The van der Waals surface area contributed by atoms with Crippen LogP contribution in [0, 0.1) is 0 Å². The summed E-state index contributed by atoms with van der Waals surface area (Å²) in [4.78, 5) is 22.7. The number of aromatic amines is 1. The number of nitrogens with one attached hydrogen (secondary N) is 2. The number of nitrogens with two attached hydrogens (primary N) is 1. The Labute approximate surface area is 175 Å². The van der Waals surface area contributed by atoms with Crippen LogP contribution in [0.2, 0.25) is 0 Å². The maximum absolute atomic E-state index is 6.09. The highest BCUT2D eigenvalue weighted by atomic mass is 16.5. The van der Waals surface area contributed by atoms with Crippen LogP contribution >= 0.6 is 0 Å². The van der Waals surface area contributed by atoms with E-state index in [0.717, 1.165) is 59.9 Å². The van der Waals surface area contributed by atoms with Crippen molar-refractivity contribution in [2.75, 3.05) is 44.8 Å². The first-order valence-electron chi connectivity index (χ1n) is 9.94. The zero-order valence-electron chi connectivity index (χ0n) is 17.0. The van der Waals surface area contributed by atoms with Gasteiger partial charge in [-0.05, 0) is 17.7 Å². The summed E-state index contributed by atoms with van der Waals surface area (Å²) in [5.74, 6) is 0. The van der Waals surface area contributed by atoms with E-state index in [9.17, 15) is 0 Å². The molecule has 4 rings (SSSR count). The van der Waals surface area contributed by atoms with Gasteiger partial charge in [0.15, 0.2) is 0 Å². The van der Waals surface area contributed by atoms with Gasteiger partial charge in [-0.2, -0.15) is 0 Å². The highest BCUT2D eigenvalue weighted by Crippen LogP contribution is 2.22. The summed E-state index contributed by atoms with van der Waals surface area (Å²) < 4.78 is 5.45. The third-order valence-corrected chi connectivity index (χ3v) is 5.09. The number of hydrogen-bond donors (Lipinski definition) is 3. The SMILES string of the molecule is CN=C/C(=C\NC(CN)c1cncc(N2CCOCC2)c1)c1ncnc2[nH]ccc12. The number of H-pyrrole nitrogens is 1. The normalized spacial score (nSPS) is 16.3. The fourth-order valence-corrected chi connectivity index (χ4v) is 3.53. The Morgan fingerprint density at radius 2 is 2.23 bits per heavy atom. The molecule has 0 aromatic carbocycles. The lowest BCUT2D eigenvalue weighted by Gasteiger charge is -2.29. The lowest BCUT2D eigenvalue weighted by Crippen LogP contribution is -2.36. The molecule has 9 nitrogen and oxygen atoms in total. The number of fused-ring (bicyclic) bond motifs is 1. The van der Waals surface area contributed by atoms with Crippen molar-refractivity contribution >= 4 is 28.5 Å². The van der Waals surface area contributed by atoms with Crippen molar-refractivity contribution < 1.29 is 4.74 Å². The fraction of sp³-hybridized carbons (Fsp3) is 0.333. The topological polar surface area (TPSA) is 117 Å². The number of morpholine rings is 1. The van der Waals surface area contributed by atoms with Crippen molar-refractivity contribution in [3.63, 3.8) is 0 Å². The van der Waals surface area contributed by atoms with Crippen molar-refractivity contribution in [2.45, 2.75) is 6.04 Å². The van der Waals surface area contributed by atoms with Crippen LogP contribution in [-0.4, -0.2) is 66.0 Å². The Balaban J connectivity index is 1.59. The fourth-order valence-electron chi connectivity index (χ4n) is 3.53. The minimum absolute atomic E-state index is 0.0951. The van der Waals surface area contributed by atoms with E-state index in [1.165, 1.54) is 0 Å². The van der Waals surface area contributed by atoms with Gasteiger partial charge in [-0.1, -0.05) is 0 Å². The number of anilines is 1. The van der Waals surface area contributed by atoms with Crippen molar-refractivity contribution in [3.05, 3.63) is 54.5 Å². The number of aliphatic imine (C=N–C) groups is 1. The van der Waals surface area contributed by atoms with Crippen LogP contribution in [0.3, 0.4) is 0 Å². The molecule has 0 bridgehead atoms. The summed E-state index contributed by atoms with van der Waals surface area (Å²) in [6.45, 7) is 3.62. The molecule has 3 aromatic heterocycles. The molecule has 3 aromatic rings. The van der Waals surface area contributed by atoms with E-state index in [1.54, 1.807) is 19.6 Å². The molecule has 0 spiro atoms. The molecular weight excluding hydrogens is 380 g/mol. The lowest BCUT2D eigenvalue weighted by molar-refractivity contribution is 0.122. The molecule has 4 N–H and O–H groups in total. The van der Waals surface area contributed by atoms with Crippen LogP contribution in [0.4, 0.5) is 5.69 Å². The average Bonchev–Trinajstić information content (AvgIpc) is 3.29. The minimum Gasteiger partial charge on any atom is -0.382 e. The summed E-state index contributed by atoms with van der Waals surface area (Å²) in [6.07, 6.45) is 10.8. The van der Waals surface area contributed by atoms with E-state index in [2.05, 4.69) is 41.2 Å². The third-order valence-electron chi connectivity index (χ3n) is 5.09. The number of pyridine rings is 1. The van der Waals surface area contributed by atoms with E-state index in [0.29, 0.717) is 6.54 Å². The summed E-state index contributed by atoms with van der Waals surface area (Å²) in [5.41, 5.74) is 10.6. The molecular formula is C21H26N8O. The largest absolute Gasteiger partial charge is 0.382 e. The van der Waals surface area contributed by atoms with Gasteiger partial charge in [0.1, 0.15) is 12.0 Å². The molecule has 0 radical (unpaired) electrons. The summed E-state index contributed by atoms with van der Waals surface area (Å²) >= 11 is 0. The predicted molar refractivity (Wildman–Crippen MR) is 118 cm³/mol. The second-order valence-electron chi connectivity index (χ2n) is 6.98. The van der Waals surface area contributed by atoms with Gasteiger partial charge >= 0.3 is 0 Å². The molecule has 1 aliphatic rings. The molecule has 1 aliphatic heterocycles. The Kier molecular flexibility index (Phi) is 6.31. The van der Waals surface area contributed by atoms with Gasteiger partial charge in [-0.15, -0.1) is 0 Å². The van der Waals surface area contributed by atoms with Gasteiger partial charge in [0, 0.05) is 62.4 Å². The van der Waals surface area contributed by atoms with Crippen LogP contribution in [0.5, 0.6) is 0 Å². The Morgan fingerprint density at radius 1 is 1.37 bits per heavy atom. The second kappa shape index (κ2) is 9.47. The Hall–Kier alpha value is -3.30. The number of rotatable bonds is 7. The number of aromatic nitrogens is 4. The number of hydrogen-bond acceptors (Lipinski definition) is 8. The van der Waals surface area contributed by atoms with E-state index < -0.39 is 0 Å². The second-order valence-corrected chi connectivity index (χ2v) is 6.98. The Bertz CT molecular complexity index is 1040. The van der Waals surface area contributed by atoms with Crippen LogP contribution in [0.25, 0.3) is 16.6 Å². The first-order valence-corrected chi connectivity index (χ1v) is 9.94. The molecule has 156 valence electrons. The van der Waals surface area contributed by atoms with Crippen LogP contribution in [-0.2, 0) is 4.74 Å². The zero-order chi connectivity index (χ0) is 20.8. The van der Waals surface area contributed by atoms with Crippen molar-refractivity contribution in [3.8, 4) is 0 Å². The van der Waals surface area contributed by atoms with Crippen molar-refractivity contribution in [2.24, 2.45) is 10.7 Å². The zero-order valence-corrected chi connectivity index (χ0v) is 17.0. The first kappa shape index (κ1) is 20.0. The number of nitrogens with zero attached hydrogens (tertiary/aromatic N) is 5. The summed E-state index contributed by atoms with van der Waals surface area (Å²) in [5, 5.41) is 4.36. The van der Waals surface area contributed by atoms with E-state index in [-0.39, 0.29) is 6.04 Å². The molecule has 1 atom stereocenters. The summed E-state index contributed by atoms with van der Waals surface area (Å²) in [7, 11) is 1.74. The molecule has 0 amide bonds. The van der Waals surface area contributed by atoms with Crippen LogP contribution in [0.15, 0.2) is 48.2 Å². The van der Waals surface area contributed by atoms with E-state index in [4.69, 9.17) is 10.5 Å². The van der Waals surface area contributed by atoms with Gasteiger partial charge in [-0.25, -0.2) is 9.97 Å².